The number of hydrogen-bond acceptors (Lipinski definition) is 7. The van der Waals surface area contributed by atoms with E-state index in [-0.39, 0.29) is 53.0 Å². The molecule has 2 aromatic rings. The Bertz CT molecular complexity index is 1580. The molecule has 1 aromatic heterocycles. The van der Waals surface area contributed by atoms with Gasteiger partial charge in [0.05, 0.1) is 34.4 Å². The number of rotatable bonds is 8. The molecule has 0 aliphatic carbocycles. The zero-order chi connectivity index (χ0) is 35.2. The molecule has 1 unspecified atom stereocenters. The highest BCUT2D eigenvalue weighted by Gasteiger charge is 2.41. The molecular formula is C35H45ClF3N7O3S. The number of likely N-dealkylation sites (tertiary alicyclic amines) is 1. The van der Waals surface area contributed by atoms with E-state index in [2.05, 4.69) is 20.4 Å². The van der Waals surface area contributed by atoms with Crippen LogP contribution in [-0.4, -0.2) is 120 Å². The first-order chi connectivity index (χ1) is 24.0. The third-order valence-electron chi connectivity index (χ3n) is 11.5. The number of benzene rings is 1. The quantitative estimate of drug-likeness (QED) is 0.384. The summed E-state index contributed by atoms with van der Waals surface area (Å²) in [6.45, 7) is 7.32. The van der Waals surface area contributed by atoms with Crippen LogP contribution in [0.2, 0.25) is 5.02 Å². The summed E-state index contributed by atoms with van der Waals surface area (Å²) in [5.41, 5.74) is 0.00122. The van der Waals surface area contributed by atoms with Gasteiger partial charge in [-0.15, -0.1) is 11.3 Å². The van der Waals surface area contributed by atoms with Crippen LogP contribution in [0, 0.1) is 11.8 Å². The van der Waals surface area contributed by atoms with Crippen molar-refractivity contribution in [3.63, 3.8) is 0 Å². The third-order valence-corrected chi connectivity index (χ3v) is 12.7. The molecule has 2 N–H and O–H groups in total. The number of anilines is 2. The molecule has 2 atom stereocenters. The van der Waals surface area contributed by atoms with Crippen LogP contribution in [0.3, 0.4) is 0 Å². The molecule has 0 radical (unpaired) electrons. The molecule has 6 aliphatic rings. The summed E-state index contributed by atoms with van der Waals surface area (Å²) >= 11 is 7.93. The number of halogens is 4. The van der Waals surface area contributed by atoms with Gasteiger partial charge >= 0.3 is 12.2 Å². The minimum absolute atomic E-state index is 0.0205. The van der Waals surface area contributed by atoms with Crippen molar-refractivity contribution in [3.8, 4) is 0 Å². The van der Waals surface area contributed by atoms with Crippen LogP contribution in [0.25, 0.3) is 0 Å². The van der Waals surface area contributed by atoms with Crippen LogP contribution in [0.5, 0.6) is 0 Å². The Balaban J connectivity index is 1.04. The number of carbonyl (C=O) groups is 3. The Morgan fingerprint density at radius 1 is 1.02 bits per heavy atom. The summed E-state index contributed by atoms with van der Waals surface area (Å²) in [5, 5.41) is 7.38. The van der Waals surface area contributed by atoms with Crippen molar-refractivity contribution in [3.05, 3.63) is 44.6 Å². The van der Waals surface area contributed by atoms with Gasteiger partial charge in [-0.2, -0.15) is 13.2 Å². The number of piperazine rings is 1. The van der Waals surface area contributed by atoms with Crippen molar-refractivity contribution in [1.82, 2.24) is 24.5 Å². The first-order valence-corrected chi connectivity index (χ1v) is 19.0. The fourth-order valence-electron chi connectivity index (χ4n) is 8.72. The number of hydrogen-bond donors (Lipinski definition) is 2. The van der Waals surface area contributed by atoms with E-state index >= 15 is 0 Å². The second-order valence-electron chi connectivity index (χ2n) is 14.3. The Hall–Kier alpha value is -3.07. The minimum Gasteiger partial charge on any atom is -0.386 e. The van der Waals surface area contributed by atoms with Gasteiger partial charge in [0.2, 0.25) is 11.8 Å². The Morgan fingerprint density at radius 3 is 2.38 bits per heavy atom. The smallest absolute Gasteiger partial charge is 0.386 e. The summed E-state index contributed by atoms with van der Waals surface area (Å²) < 4.78 is 42.2. The fourth-order valence-corrected chi connectivity index (χ4v) is 9.88. The number of nitrogens with zero attached hydrogens (tertiary/aromatic N) is 5. The van der Waals surface area contributed by atoms with Gasteiger partial charge in [0.15, 0.2) is 0 Å². The highest BCUT2D eigenvalue weighted by atomic mass is 35.5. The molecule has 0 saturated carbocycles. The average molecular weight is 736 g/mol. The SMILES string of the molecule is CNc1c(Cl)cc(C[C@@H](CC(=O)N2CCC(N3Cc4sccc4NC3=O)CC2)C(=O)N2CCN(C3CN4CCC3CC4)CC2)cc1C(F)(F)F. The lowest BCUT2D eigenvalue weighted by molar-refractivity contribution is -0.143. The summed E-state index contributed by atoms with van der Waals surface area (Å²) in [4.78, 5) is 52.3. The van der Waals surface area contributed by atoms with Crippen molar-refractivity contribution in [2.24, 2.45) is 11.8 Å². The van der Waals surface area contributed by atoms with Crippen LogP contribution >= 0.6 is 22.9 Å². The fraction of sp³-hybridized carbons (Fsp3) is 0.629. The molecule has 5 fully saturated rings. The van der Waals surface area contributed by atoms with E-state index in [1.165, 1.54) is 26.0 Å². The Kier molecular flexibility index (Phi) is 10.3. The van der Waals surface area contributed by atoms with E-state index in [1.807, 2.05) is 16.3 Å². The molecular weight excluding hydrogens is 691 g/mol. The lowest BCUT2D eigenvalue weighted by atomic mass is 9.83. The van der Waals surface area contributed by atoms with Crippen LogP contribution in [0.4, 0.5) is 29.3 Å². The van der Waals surface area contributed by atoms with Gasteiger partial charge in [0.25, 0.3) is 0 Å². The molecule has 7 heterocycles. The van der Waals surface area contributed by atoms with Gasteiger partial charge in [-0.3, -0.25) is 14.5 Å². The maximum atomic E-state index is 14.2. The number of alkyl halides is 3. The maximum absolute atomic E-state index is 14.2. The molecule has 5 saturated heterocycles. The molecule has 0 spiro atoms. The second-order valence-corrected chi connectivity index (χ2v) is 15.8. The molecule has 272 valence electrons. The van der Waals surface area contributed by atoms with Crippen LogP contribution < -0.4 is 10.6 Å². The molecule has 2 bridgehead atoms. The topological polar surface area (TPSA) is 91.5 Å². The number of urea groups is 1. The Labute approximate surface area is 299 Å². The first-order valence-electron chi connectivity index (χ1n) is 17.7. The van der Waals surface area contributed by atoms with Crippen LogP contribution in [0.15, 0.2) is 23.6 Å². The van der Waals surface area contributed by atoms with Crippen LogP contribution in [-0.2, 0) is 28.7 Å². The summed E-state index contributed by atoms with van der Waals surface area (Å²) in [5.74, 6) is -0.570. The molecule has 4 amide bonds. The van der Waals surface area contributed by atoms with Gasteiger partial charge < -0.3 is 30.2 Å². The summed E-state index contributed by atoms with van der Waals surface area (Å²) in [6, 6.07) is 4.75. The minimum atomic E-state index is -4.65. The number of piperidine rings is 4. The monoisotopic (exact) mass is 735 g/mol. The van der Waals surface area contributed by atoms with Crippen molar-refractivity contribution in [2.45, 2.75) is 63.3 Å². The zero-order valence-corrected chi connectivity index (χ0v) is 29.9. The Morgan fingerprint density at radius 2 is 1.74 bits per heavy atom. The van der Waals surface area contributed by atoms with E-state index in [0.717, 1.165) is 49.4 Å². The average Bonchev–Trinajstić information content (AvgIpc) is 3.58. The number of nitrogens with one attached hydrogen (secondary N) is 2. The van der Waals surface area contributed by atoms with E-state index in [0.29, 0.717) is 57.5 Å². The van der Waals surface area contributed by atoms with Gasteiger partial charge in [0, 0.05) is 76.2 Å². The van der Waals surface area contributed by atoms with E-state index in [9.17, 15) is 27.6 Å². The number of carbonyl (C=O) groups excluding carboxylic acids is 3. The predicted molar refractivity (Wildman–Crippen MR) is 187 cm³/mol. The van der Waals surface area contributed by atoms with Gasteiger partial charge in [-0.25, -0.2) is 4.79 Å². The van der Waals surface area contributed by atoms with E-state index < -0.39 is 17.7 Å². The molecule has 1 aromatic carbocycles. The zero-order valence-electron chi connectivity index (χ0n) is 28.3. The van der Waals surface area contributed by atoms with Crippen molar-refractivity contribution in [2.75, 3.05) is 76.6 Å². The number of amides is 4. The van der Waals surface area contributed by atoms with E-state index in [1.54, 1.807) is 21.1 Å². The molecule has 50 heavy (non-hydrogen) atoms. The lowest BCUT2D eigenvalue weighted by Gasteiger charge is -2.51. The highest BCUT2D eigenvalue weighted by molar-refractivity contribution is 7.10. The van der Waals surface area contributed by atoms with Crippen molar-refractivity contribution in [1.29, 1.82) is 0 Å². The lowest BCUT2D eigenvalue weighted by Crippen LogP contribution is -2.61. The first kappa shape index (κ1) is 35.3. The third kappa shape index (κ3) is 7.31. The highest BCUT2D eigenvalue weighted by Crippen LogP contribution is 2.40. The van der Waals surface area contributed by atoms with Gasteiger partial charge in [-0.1, -0.05) is 11.6 Å². The summed E-state index contributed by atoms with van der Waals surface area (Å²) in [7, 11) is 1.39. The molecule has 6 aliphatic heterocycles. The maximum Gasteiger partial charge on any atom is 0.418 e. The summed E-state index contributed by atoms with van der Waals surface area (Å²) in [6.07, 6.45) is -1.17. The predicted octanol–water partition coefficient (Wildman–Crippen LogP) is 5.29. The second kappa shape index (κ2) is 14.5. The molecule has 10 nitrogen and oxygen atoms in total. The number of thiophene rings is 1. The van der Waals surface area contributed by atoms with E-state index in [4.69, 9.17) is 11.6 Å². The molecule has 8 rings (SSSR count). The number of fused-ring (bicyclic) bond motifs is 4. The van der Waals surface area contributed by atoms with Crippen molar-refractivity contribution < 1.29 is 27.6 Å². The normalized spacial score (nSPS) is 25.3. The van der Waals surface area contributed by atoms with Gasteiger partial charge in [-0.05, 0) is 80.3 Å². The molecule has 15 heteroatoms. The van der Waals surface area contributed by atoms with Crippen molar-refractivity contribution >= 4 is 52.2 Å². The van der Waals surface area contributed by atoms with Gasteiger partial charge in [0.1, 0.15) is 0 Å². The standard InChI is InChI=1S/C35H45ClF3N7O3S/c1-40-32-26(35(37,38)39)17-22(18-27(32)36)16-24(33(48)45-13-11-43(12-14-45)29-20-42-7-2-23(29)3-8-42)19-31(47)44-9-4-25(5-10-44)46-21-30-28(6-15-50-30)41-34(46)49/h6,15,17-18,23-25,29,40H,2-5,7-14,16,19-21H2,1H3,(H,41,49)/t24-,29?/m0/s1. The van der Waals surface area contributed by atoms with Crippen LogP contribution in [0.1, 0.15) is 48.1 Å². The largest absolute Gasteiger partial charge is 0.418 e.